The molecule has 1 unspecified atom stereocenters. The van der Waals surface area contributed by atoms with Crippen molar-refractivity contribution in [2.24, 2.45) is 0 Å². The molecule has 0 aliphatic rings. The summed E-state index contributed by atoms with van der Waals surface area (Å²) in [6, 6.07) is 9.51. The summed E-state index contributed by atoms with van der Waals surface area (Å²) in [6.45, 7) is 3.84. The Kier molecular flexibility index (Phi) is 7.13. The van der Waals surface area contributed by atoms with Crippen LogP contribution in [0.3, 0.4) is 0 Å². The molecule has 0 fully saturated rings. The number of hydrogen-bond acceptors (Lipinski definition) is 2. The summed E-state index contributed by atoms with van der Waals surface area (Å²) in [5.41, 5.74) is 0.853. The van der Waals surface area contributed by atoms with E-state index in [0.717, 1.165) is 12.1 Å². The van der Waals surface area contributed by atoms with Gasteiger partial charge in [0.2, 0.25) is 0 Å². The minimum absolute atomic E-state index is 0.646. The van der Waals surface area contributed by atoms with Crippen molar-refractivity contribution in [2.45, 2.75) is 32.3 Å². The number of rotatable bonds is 6. The third-order valence-electron chi connectivity index (χ3n) is 2.52. The van der Waals surface area contributed by atoms with E-state index in [0.29, 0.717) is 6.54 Å². The standard InChI is InChI=1S/C15H21NO/c1-2-3-7-12-16-13-8-11-15(17)14-9-5-4-6-10-14/h4-6,9-10,15-17H,2-3,7,12-13H2,1H3. The molecule has 0 aliphatic heterocycles. The molecule has 0 bridgehead atoms. The van der Waals surface area contributed by atoms with E-state index in [1.54, 1.807) is 0 Å². The van der Waals surface area contributed by atoms with E-state index < -0.39 is 6.10 Å². The molecule has 92 valence electrons. The number of nitrogens with one attached hydrogen (secondary N) is 1. The van der Waals surface area contributed by atoms with Gasteiger partial charge in [0, 0.05) is 0 Å². The fourth-order valence-electron chi connectivity index (χ4n) is 1.52. The molecule has 2 heteroatoms. The van der Waals surface area contributed by atoms with Crippen LogP contribution in [-0.4, -0.2) is 18.2 Å². The highest BCUT2D eigenvalue weighted by Crippen LogP contribution is 2.09. The molecule has 0 saturated heterocycles. The van der Waals surface area contributed by atoms with E-state index in [2.05, 4.69) is 24.1 Å². The zero-order valence-corrected chi connectivity index (χ0v) is 10.4. The zero-order chi connectivity index (χ0) is 12.3. The van der Waals surface area contributed by atoms with Gasteiger partial charge in [0.1, 0.15) is 6.10 Å². The Morgan fingerprint density at radius 2 is 2.00 bits per heavy atom. The van der Waals surface area contributed by atoms with E-state index >= 15 is 0 Å². The average molecular weight is 231 g/mol. The van der Waals surface area contributed by atoms with Crippen LogP contribution in [0, 0.1) is 11.8 Å². The zero-order valence-electron chi connectivity index (χ0n) is 10.4. The minimum Gasteiger partial charge on any atom is -0.376 e. The fourth-order valence-corrected chi connectivity index (χ4v) is 1.52. The maximum atomic E-state index is 9.76. The van der Waals surface area contributed by atoms with E-state index in [-0.39, 0.29) is 0 Å². The Balaban J connectivity index is 2.21. The lowest BCUT2D eigenvalue weighted by atomic mass is 10.1. The maximum absolute atomic E-state index is 9.76. The lowest BCUT2D eigenvalue weighted by Crippen LogP contribution is -2.15. The third-order valence-corrected chi connectivity index (χ3v) is 2.52. The molecule has 2 nitrogen and oxygen atoms in total. The van der Waals surface area contributed by atoms with Crippen molar-refractivity contribution in [3.05, 3.63) is 35.9 Å². The Labute approximate surface area is 104 Å². The van der Waals surface area contributed by atoms with Gasteiger partial charge in [0.15, 0.2) is 0 Å². The predicted molar refractivity (Wildman–Crippen MR) is 71.6 cm³/mol. The van der Waals surface area contributed by atoms with Crippen molar-refractivity contribution >= 4 is 0 Å². The molecule has 0 aromatic heterocycles. The van der Waals surface area contributed by atoms with E-state index in [1.165, 1.54) is 19.3 Å². The molecule has 0 spiro atoms. The van der Waals surface area contributed by atoms with Crippen LogP contribution in [0.15, 0.2) is 30.3 Å². The van der Waals surface area contributed by atoms with Gasteiger partial charge in [-0.1, -0.05) is 61.9 Å². The Bertz CT molecular complexity index is 350. The van der Waals surface area contributed by atoms with E-state index in [4.69, 9.17) is 0 Å². The van der Waals surface area contributed by atoms with Crippen LogP contribution in [0.1, 0.15) is 37.9 Å². The molecule has 1 rings (SSSR count). The van der Waals surface area contributed by atoms with Crippen LogP contribution in [0.25, 0.3) is 0 Å². The molecule has 2 N–H and O–H groups in total. The van der Waals surface area contributed by atoms with Crippen LogP contribution in [0.4, 0.5) is 0 Å². The topological polar surface area (TPSA) is 32.3 Å². The first-order valence-electron chi connectivity index (χ1n) is 6.26. The van der Waals surface area contributed by atoms with Crippen molar-refractivity contribution in [1.29, 1.82) is 0 Å². The smallest absolute Gasteiger partial charge is 0.140 e. The van der Waals surface area contributed by atoms with E-state index in [9.17, 15) is 5.11 Å². The number of unbranched alkanes of at least 4 members (excludes halogenated alkanes) is 2. The lowest BCUT2D eigenvalue weighted by molar-refractivity contribution is 0.238. The second-order valence-electron chi connectivity index (χ2n) is 4.02. The van der Waals surface area contributed by atoms with Crippen LogP contribution in [-0.2, 0) is 0 Å². The molecule has 1 aromatic rings. The van der Waals surface area contributed by atoms with Gasteiger partial charge in [-0.3, -0.25) is 0 Å². The first kappa shape index (κ1) is 13.8. The van der Waals surface area contributed by atoms with Gasteiger partial charge in [-0.15, -0.1) is 0 Å². The second-order valence-corrected chi connectivity index (χ2v) is 4.02. The minimum atomic E-state index is -0.673. The second kappa shape index (κ2) is 8.81. The number of benzene rings is 1. The summed E-state index contributed by atoms with van der Waals surface area (Å²) in [5.74, 6) is 5.78. The van der Waals surface area contributed by atoms with Crippen LogP contribution < -0.4 is 5.32 Å². The van der Waals surface area contributed by atoms with Crippen LogP contribution in [0.5, 0.6) is 0 Å². The third kappa shape index (κ3) is 6.11. The van der Waals surface area contributed by atoms with Crippen LogP contribution in [0.2, 0.25) is 0 Å². The SMILES string of the molecule is CCCCCNCC#CC(O)c1ccccc1. The monoisotopic (exact) mass is 231 g/mol. The highest BCUT2D eigenvalue weighted by molar-refractivity contribution is 5.24. The summed E-state index contributed by atoms with van der Waals surface area (Å²) in [6.07, 6.45) is 3.01. The fraction of sp³-hybridized carbons (Fsp3) is 0.467. The molecular formula is C15H21NO. The van der Waals surface area contributed by atoms with Crippen molar-refractivity contribution in [3.8, 4) is 11.8 Å². The quantitative estimate of drug-likeness (QED) is 0.582. The number of hydrogen-bond donors (Lipinski definition) is 2. The van der Waals surface area contributed by atoms with Gasteiger partial charge in [0.05, 0.1) is 6.54 Å². The molecule has 0 heterocycles. The Morgan fingerprint density at radius 3 is 2.71 bits per heavy atom. The number of aliphatic hydroxyl groups is 1. The summed E-state index contributed by atoms with van der Waals surface area (Å²) < 4.78 is 0. The van der Waals surface area contributed by atoms with Gasteiger partial charge in [-0.25, -0.2) is 0 Å². The maximum Gasteiger partial charge on any atom is 0.140 e. The lowest BCUT2D eigenvalue weighted by Gasteiger charge is -2.02. The van der Waals surface area contributed by atoms with Crippen molar-refractivity contribution in [3.63, 3.8) is 0 Å². The first-order chi connectivity index (χ1) is 8.34. The number of aliphatic hydroxyl groups excluding tert-OH is 1. The molecule has 0 radical (unpaired) electrons. The summed E-state index contributed by atoms with van der Waals surface area (Å²) in [4.78, 5) is 0. The predicted octanol–water partition coefficient (Wildman–Crippen LogP) is 2.50. The van der Waals surface area contributed by atoms with Gasteiger partial charge in [-0.05, 0) is 18.5 Å². The van der Waals surface area contributed by atoms with Crippen molar-refractivity contribution in [1.82, 2.24) is 5.32 Å². The normalized spacial score (nSPS) is 11.6. The molecule has 17 heavy (non-hydrogen) atoms. The molecule has 0 saturated carbocycles. The van der Waals surface area contributed by atoms with Crippen molar-refractivity contribution < 1.29 is 5.11 Å². The van der Waals surface area contributed by atoms with Gasteiger partial charge in [-0.2, -0.15) is 0 Å². The average Bonchev–Trinajstić information content (AvgIpc) is 2.38. The van der Waals surface area contributed by atoms with E-state index in [1.807, 2.05) is 30.3 Å². The summed E-state index contributed by atoms with van der Waals surface area (Å²) >= 11 is 0. The van der Waals surface area contributed by atoms with Crippen molar-refractivity contribution in [2.75, 3.05) is 13.1 Å². The highest BCUT2D eigenvalue weighted by atomic mass is 16.3. The molecular weight excluding hydrogens is 210 g/mol. The summed E-state index contributed by atoms with van der Waals surface area (Å²) in [5, 5.41) is 13.0. The van der Waals surface area contributed by atoms with Gasteiger partial charge < -0.3 is 10.4 Å². The molecule has 1 atom stereocenters. The van der Waals surface area contributed by atoms with Gasteiger partial charge >= 0.3 is 0 Å². The van der Waals surface area contributed by atoms with Gasteiger partial charge in [0.25, 0.3) is 0 Å². The highest BCUT2D eigenvalue weighted by Gasteiger charge is 2.00. The van der Waals surface area contributed by atoms with Crippen LogP contribution >= 0.6 is 0 Å². The Morgan fingerprint density at radius 1 is 1.24 bits per heavy atom. The Hall–Kier alpha value is -1.30. The molecule has 0 aliphatic carbocycles. The largest absolute Gasteiger partial charge is 0.376 e. The summed E-state index contributed by atoms with van der Waals surface area (Å²) in [7, 11) is 0. The molecule has 1 aromatic carbocycles. The first-order valence-corrected chi connectivity index (χ1v) is 6.26. The molecule has 0 amide bonds.